The summed E-state index contributed by atoms with van der Waals surface area (Å²) in [4.78, 5) is 27.1. The zero-order chi connectivity index (χ0) is 24.1. The lowest BCUT2D eigenvalue weighted by molar-refractivity contribution is 0.0603. The van der Waals surface area contributed by atoms with E-state index in [0.29, 0.717) is 16.1 Å². The third-order valence-electron chi connectivity index (χ3n) is 5.62. The molecule has 1 amide bonds. The van der Waals surface area contributed by atoms with Gasteiger partial charge in [0.1, 0.15) is 10.6 Å². The van der Waals surface area contributed by atoms with Gasteiger partial charge in [0, 0.05) is 20.5 Å². The van der Waals surface area contributed by atoms with Crippen molar-refractivity contribution < 1.29 is 14.3 Å². The lowest BCUT2D eigenvalue weighted by Crippen LogP contribution is -2.16. The molecule has 1 N–H and O–H groups in total. The first-order valence-corrected chi connectivity index (χ1v) is 12.5. The van der Waals surface area contributed by atoms with Crippen LogP contribution in [-0.4, -0.2) is 19.0 Å². The Labute approximate surface area is 211 Å². The van der Waals surface area contributed by atoms with Crippen molar-refractivity contribution in [3.63, 3.8) is 0 Å². The number of carbonyl (C=O) groups is 2. The van der Waals surface area contributed by atoms with Crippen LogP contribution in [0.4, 0.5) is 5.00 Å². The predicted octanol–water partition coefficient (Wildman–Crippen LogP) is 7.31. The summed E-state index contributed by atoms with van der Waals surface area (Å²) < 4.78 is 6.03. The molecule has 0 aliphatic carbocycles. The van der Waals surface area contributed by atoms with Gasteiger partial charge in [-0.1, -0.05) is 76.6 Å². The number of benzene rings is 3. The van der Waals surface area contributed by atoms with Crippen LogP contribution in [0.15, 0.2) is 83.3 Å². The van der Waals surface area contributed by atoms with Gasteiger partial charge in [-0.05, 0) is 54.7 Å². The second-order valence-electron chi connectivity index (χ2n) is 7.83. The molecule has 0 fully saturated rings. The smallest absolute Gasteiger partial charge is 0.341 e. The van der Waals surface area contributed by atoms with Crippen LogP contribution in [0.2, 0.25) is 0 Å². The first kappa shape index (κ1) is 23.9. The molecule has 1 aromatic heterocycles. The number of rotatable bonds is 7. The van der Waals surface area contributed by atoms with Gasteiger partial charge in [0.15, 0.2) is 0 Å². The van der Waals surface area contributed by atoms with Gasteiger partial charge in [-0.3, -0.25) is 4.79 Å². The second kappa shape index (κ2) is 10.8. The number of nitrogens with one attached hydrogen (secondary N) is 1. The minimum atomic E-state index is -0.477. The van der Waals surface area contributed by atoms with Crippen LogP contribution < -0.4 is 5.32 Å². The molecule has 0 aliphatic heterocycles. The standard InChI is InChI=1S/C28H24BrNO3S/c1-18-24(21-14-16-22(29)17-15-21)25(28(32)33-2)27(34-18)30-26(31)23-11-7-6-10-20(23)13-12-19-8-4-3-5-9-19/h3-11,14-17H,12-13H2,1-2H3,(H,30,31). The number of hydrogen-bond acceptors (Lipinski definition) is 4. The molecular weight excluding hydrogens is 510 g/mol. The molecule has 1 heterocycles. The molecule has 34 heavy (non-hydrogen) atoms. The number of hydrogen-bond donors (Lipinski definition) is 1. The van der Waals surface area contributed by atoms with Crippen molar-refractivity contribution in [3.8, 4) is 11.1 Å². The molecule has 0 saturated carbocycles. The summed E-state index contributed by atoms with van der Waals surface area (Å²) in [6.45, 7) is 1.94. The van der Waals surface area contributed by atoms with E-state index < -0.39 is 5.97 Å². The van der Waals surface area contributed by atoms with Crippen LogP contribution in [0.25, 0.3) is 11.1 Å². The summed E-state index contributed by atoms with van der Waals surface area (Å²) in [5.74, 6) is -0.715. The number of carbonyl (C=O) groups excluding carboxylic acids is 2. The van der Waals surface area contributed by atoms with Crippen LogP contribution >= 0.6 is 27.3 Å². The number of halogens is 1. The van der Waals surface area contributed by atoms with E-state index in [1.807, 2.05) is 73.7 Å². The number of thiophene rings is 1. The number of ether oxygens (including phenoxy) is 1. The molecule has 0 bridgehead atoms. The molecule has 4 rings (SSSR count). The van der Waals surface area contributed by atoms with Crippen LogP contribution in [0.1, 0.15) is 36.7 Å². The monoisotopic (exact) mass is 533 g/mol. The van der Waals surface area contributed by atoms with Gasteiger partial charge in [-0.25, -0.2) is 4.79 Å². The van der Waals surface area contributed by atoms with Gasteiger partial charge in [0.2, 0.25) is 0 Å². The average Bonchev–Trinajstić information content (AvgIpc) is 3.18. The first-order valence-electron chi connectivity index (χ1n) is 10.9. The average molecular weight is 534 g/mol. The second-order valence-corrected chi connectivity index (χ2v) is 9.97. The molecule has 0 unspecified atom stereocenters. The van der Waals surface area contributed by atoms with E-state index in [2.05, 4.69) is 33.4 Å². The SMILES string of the molecule is COC(=O)c1c(NC(=O)c2ccccc2CCc2ccccc2)sc(C)c1-c1ccc(Br)cc1. The van der Waals surface area contributed by atoms with Crippen molar-refractivity contribution in [1.82, 2.24) is 0 Å². The van der Waals surface area contributed by atoms with Crippen LogP contribution in [0.5, 0.6) is 0 Å². The Kier molecular flexibility index (Phi) is 7.60. The number of anilines is 1. The number of methoxy groups -OCH3 is 1. The first-order chi connectivity index (χ1) is 16.5. The molecule has 4 aromatic rings. The highest BCUT2D eigenvalue weighted by molar-refractivity contribution is 9.10. The maximum Gasteiger partial charge on any atom is 0.341 e. The third kappa shape index (κ3) is 5.29. The summed E-state index contributed by atoms with van der Waals surface area (Å²) in [6.07, 6.45) is 1.58. The Balaban J connectivity index is 1.64. The Morgan fingerprint density at radius 2 is 1.59 bits per heavy atom. The molecule has 0 atom stereocenters. The highest BCUT2D eigenvalue weighted by Crippen LogP contribution is 2.41. The Morgan fingerprint density at radius 3 is 2.29 bits per heavy atom. The summed E-state index contributed by atoms with van der Waals surface area (Å²) in [5.41, 5.74) is 4.83. The van der Waals surface area contributed by atoms with Crippen molar-refractivity contribution in [2.24, 2.45) is 0 Å². The minimum absolute atomic E-state index is 0.238. The van der Waals surface area contributed by atoms with Crippen molar-refractivity contribution in [1.29, 1.82) is 0 Å². The topological polar surface area (TPSA) is 55.4 Å². The molecule has 172 valence electrons. The van der Waals surface area contributed by atoms with Gasteiger partial charge in [-0.15, -0.1) is 11.3 Å². The van der Waals surface area contributed by atoms with E-state index in [9.17, 15) is 9.59 Å². The van der Waals surface area contributed by atoms with E-state index in [4.69, 9.17) is 4.74 Å². The van der Waals surface area contributed by atoms with Gasteiger partial charge in [0.05, 0.1) is 7.11 Å². The fourth-order valence-electron chi connectivity index (χ4n) is 3.95. The quantitative estimate of drug-likeness (QED) is 0.253. The molecule has 3 aromatic carbocycles. The Morgan fingerprint density at radius 1 is 0.912 bits per heavy atom. The summed E-state index contributed by atoms with van der Waals surface area (Å²) >= 11 is 4.83. The normalized spacial score (nSPS) is 10.7. The van der Waals surface area contributed by atoms with E-state index in [1.54, 1.807) is 0 Å². The van der Waals surface area contributed by atoms with E-state index >= 15 is 0 Å². The maximum atomic E-state index is 13.3. The molecule has 0 radical (unpaired) electrons. The largest absolute Gasteiger partial charge is 0.465 e. The van der Waals surface area contributed by atoms with Crippen LogP contribution in [-0.2, 0) is 17.6 Å². The minimum Gasteiger partial charge on any atom is -0.465 e. The van der Waals surface area contributed by atoms with Crippen molar-refractivity contribution in [3.05, 3.63) is 110 Å². The van der Waals surface area contributed by atoms with Crippen LogP contribution in [0.3, 0.4) is 0 Å². The Hall–Kier alpha value is -3.22. The zero-order valence-corrected chi connectivity index (χ0v) is 21.3. The summed E-state index contributed by atoms with van der Waals surface area (Å²) in [7, 11) is 1.35. The number of aryl methyl sites for hydroxylation is 3. The van der Waals surface area contributed by atoms with Crippen molar-refractivity contribution >= 4 is 44.1 Å². The number of amides is 1. The predicted molar refractivity (Wildman–Crippen MR) is 142 cm³/mol. The summed E-state index contributed by atoms with van der Waals surface area (Å²) in [6, 6.07) is 25.5. The van der Waals surface area contributed by atoms with Gasteiger partial charge >= 0.3 is 5.97 Å². The lowest BCUT2D eigenvalue weighted by Gasteiger charge is -2.11. The van der Waals surface area contributed by atoms with Crippen molar-refractivity contribution in [2.75, 3.05) is 12.4 Å². The van der Waals surface area contributed by atoms with Gasteiger partial charge in [0.25, 0.3) is 5.91 Å². The van der Waals surface area contributed by atoms with Gasteiger partial charge < -0.3 is 10.1 Å². The fraction of sp³-hybridized carbons (Fsp3) is 0.143. The molecule has 0 saturated heterocycles. The van der Waals surface area contributed by atoms with Crippen molar-refractivity contribution in [2.45, 2.75) is 19.8 Å². The van der Waals surface area contributed by atoms with E-state index in [0.717, 1.165) is 38.9 Å². The van der Waals surface area contributed by atoms with E-state index in [-0.39, 0.29) is 5.91 Å². The highest BCUT2D eigenvalue weighted by atomic mass is 79.9. The third-order valence-corrected chi connectivity index (χ3v) is 7.17. The highest BCUT2D eigenvalue weighted by Gasteiger charge is 2.25. The fourth-order valence-corrected chi connectivity index (χ4v) is 5.27. The summed E-state index contributed by atoms with van der Waals surface area (Å²) in [5, 5.41) is 3.48. The maximum absolute atomic E-state index is 13.3. The van der Waals surface area contributed by atoms with Gasteiger partial charge in [-0.2, -0.15) is 0 Å². The lowest BCUT2D eigenvalue weighted by atomic mass is 9.99. The molecular formula is C28H24BrNO3S. The number of esters is 1. The van der Waals surface area contributed by atoms with E-state index in [1.165, 1.54) is 24.0 Å². The molecule has 0 aliphatic rings. The van der Waals surface area contributed by atoms with Crippen LogP contribution in [0, 0.1) is 6.92 Å². The molecule has 4 nitrogen and oxygen atoms in total. The molecule has 6 heteroatoms. The Bertz CT molecular complexity index is 1310. The zero-order valence-electron chi connectivity index (χ0n) is 18.9. The molecule has 0 spiro atoms.